The second-order valence-corrected chi connectivity index (χ2v) is 5.05. The average Bonchev–Trinajstić information content (AvgIpc) is 2.30. The molecule has 1 aromatic rings. The van der Waals surface area contributed by atoms with Crippen molar-refractivity contribution in [3.8, 4) is 0 Å². The Labute approximate surface area is 109 Å². The molecule has 1 N–H and O–H groups in total. The van der Waals surface area contributed by atoms with Crippen molar-refractivity contribution < 1.29 is 0 Å². The minimum Gasteiger partial charge on any atom is -0.353 e. The van der Waals surface area contributed by atoms with Gasteiger partial charge in [-0.05, 0) is 27.0 Å². The molecule has 0 atom stereocenters. The van der Waals surface area contributed by atoms with E-state index in [1.807, 2.05) is 19.9 Å². The van der Waals surface area contributed by atoms with Gasteiger partial charge in [-0.15, -0.1) is 0 Å². The summed E-state index contributed by atoms with van der Waals surface area (Å²) in [6, 6.07) is 1.99. The van der Waals surface area contributed by atoms with E-state index in [2.05, 4.69) is 32.1 Å². The van der Waals surface area contributed by atoms with Gasteiger partial charge < -0.3 is 10.2 Å². The van der Waals surface area contributed by atoms with E-state index in [0.717, 1.165) is 43.5 Å². The monoisotopic (exact) mass is 249 g/mol. The fourth-order valence-electron chi connectivity index (χ4n) is 2.20. The number of aromatic nitrogens is 2. The molecule has 0 radical (unpaired) electrons. The number of piperazine rings is 1. The van der Waals surface area contributed by atoms with E-state index in [1.54, 1.807) is 0 Å². The molecule has 1 fully saturated rings. The van der Waals surface area contributed by atoms with Crippen LogP contribution >= 0.6 is 0 Å². The molecular weight excluding hydrogens is 226 g/mol. The van der Waals surface area contributed by atoms with Crippen molar-refractivity contribution in [3.63, 3.8) is 0 Å². The first kappa shape index (κ1) is 13.2. The molecule has 1 aromatic heterocycles. The number of nitrogens with zero attached hydrogens (tertiary/aromatic N) is 4. The van der Waals surface area contributed by atoms with Crippen LogP contribution in [0.2, 0.25) is 0 Å². The number of hydrogen-bond donors (Lipinski definition) is 1. The Morgan fingerprint density at radius 3 is 2.33 bits per heavy atom. The molecule has 18 heavy (non-hydrogen) atoms. The van der Waals surface area contributed by atoms with Crippen LogP contribution < -0.4 is 5.32 Å². The summed E-state index contributed by atoms with van der Waals surface area (Å²) in [5.74, 6) is 0.752. The zero-order valence-corrected chi connectivity index (χ0v) is 11.6. The van der Waals surface area contributed by atoms with Crippen molar-refractivity contribution in [3.05, 3.63) is 17.5 Å². The first-order valence-corrected chi connectivity index (χ1v) is 6.60. The number of aryl methyl sites for hydroxylation is 2. The molecule has 2 rings (SSSR count). The molecule has 0 spiro atoms. The minimum atomic E-state index is 0.752. The van der Waals surface area contributed by atoms with Crippen LogP contribution in [0, 0.1) is 13.8 Å². The summed E-state index contributed by atoms with van der Waals surface area (Å²) in [4.78, 5) is 13.6. The Morgan fingerprint density at radius 2 is 1.72 bits per heavy atom. The lowest BCUT2D eigenvalue weighted by atomic mass is 10.3. The lowest BCUT2D eigenvalue weighted by Crippen LogP contribution is -2.45. The predicted molar refractivity (Wildman–Crippen MR) is 73.9 cm³/mol. The number of rotatable bonds is 4. The highest BCUT2D eigenvalue weighted by molar-refractivity contribution is 5.27. The Balaban J connectivity index is 1.74. The molecule has 0 saturated carbocycles. The maximum atomic E-state index is 4.38. The molecule has 0 bridgehead atoms. The Bertz CT molecular complexity index is 365. The van der Waals surface area contributed by atoms with Crippen LogP contribution in [0.15, 0.2) is 6.07 Å². The average molecular weight is 249 g/mol. The third kappa shape index (κ3) is 3.92. The van der Waals surface area contributed by atoms with Gasteiger partial charge in [0.15, 0.2) is 0 Å². The van der Waals surface area contributed by atoms with E-state index in [9.17, 15) is 0 Å². The van der Waals surface area contributed by atoms with Gasteiger partial charge in [0.05, 0.1) is 0 Å². The van der Waals surface area contributed by atoms with Crippen LogP contribution in [0.25, 0.3) is 0 Å². The highest BCUT2D eigenvalue weighted by Gasteiger charge is 2.12. The summed E-state index contributed by atoms with van der Waals surface area (Å²) in [6.45, 7) is 10.6. The smallest absolute Gasteiger partial charge is 0.223 e. The highest BCUT2D eigenvalue weighted by atomic mass is 15.3. The van der Waals surface area contributed by atoms with E-state index >= 15 is 0 Å². The number of hydrogen-bond acceptors (Lipinski definition) is 5. The van der Waals surface area contributed by atoms with Crippen LogP contribution in [0.5, 0.6) is 0 Å². The summed E-state index contributed by atoms with van der Waals surface area (Å²) in [6.07, 6.45) is 0. The van der Waals surface area contributed by atoms with Crippen LogP contribution in [-0.2, 0) is 0 Å². The SMILES string of the molecule is Cc1cc(C)nc(NCCN2CCN(C)CC2)n1. The first-order chi connectivity index (χ1) is 8.63. The van der Waals surface area contributed by atoms with Gasteiger partial charge in [-0.25, -0.2) is 9.97 Å². The van der Waals surface area contributed by atoms with Crippen LogP contribution in [-0.4, -0.2) is 66.1 Å². The largest absolute Gasteiger partial charge is 0.353 e. The van der Waals surface area contributed by atoms with Gasteiger partial charge in [-0.3, -0.25) is 4.90 Å². The topological polar surface area (TPSA) is 44.3 Å². The van der Waals surface area contributed by atoms with Crippen molar-refractivity contribution in [2.75, 3.05) is 51.6 Å². The second-order valence-electron chi connectivity index (χ2n) is 5.05. The molecule has 0 unspecified atom stereocenters. The summed E-state index contributed by atoms with van der Waals surface area (Å²) in [5, 5.41) is 3.31. The fourth-order valence-corrected chi connectivity index (χ4v) is 2.20. The zero-order valence-electron chi connectivity index (χ0n) is 11.6. The van der Waals surface area contributed by atoms with Crippen molar-refractivity contribution in [2.45, 2.75) is 13.8 Å². The number of anilines is 1. The molecule has 100 valence electrons. The maximum Gasteiger partial charge on any atom is 0.223 e. The molecule has 5 nitrogen and oxygen atoms in total. The molecule has 5 heteroatoms. The lowest BCUT2D eigenvalue weighted by Gasteiger charge is -2.32. The molecule has 1 aliphatic heterocycles. The summed E-state index contributed by atoms with van der Waals surface area (Å²) < 4.78 is 0. The molecule has 1 aliphatic rings. The quantitative estimate of drug-likeness (QED) is 0.853. The number of likely N-dealkylation sites (N-methyl/N-ethyl adjacent to an activating group) is 1. The second kappa shape index (κ2) is 6.11. The zero-order chi connectivity index (χ0) is 13.0. The third-order valence-corrected chi connectivity index (χ3v) is 3.29. The Kier molecular flexibility index (Phi) is 4.49. The fraction of sp³-hybridized carbons (Fsp3) is 0.692. The summed E-state index contributed by atoms with van der Waals surface area (Å²) in [5.41, 5.74) is 2.04. The molecule has 0 aromatic carbocycles. The van der Waals surface area contributed by atoms with Gasteiger partial charge in [0.25, 0.3) is 0 Å². The van der Waals surface area contributed by atoms with Crippen LogP contribution in [0.3, 0.4) is 0 Å². The highest BCUT2D eigenvalue weighted by Crippen LogP contribution is 2.04. The van der Waals surface area contributed by atoms with Crippen LogP contribution in [0.1, 0.15) is 11.4 Å². The van der Waals surface area contributed by atoms with Gasteiger partial charge in [0, 0.05) is 50.7 Å². The maximum absolute atomic E-state index is 4.38. The van der Waals surface area contributed by atoms with Gasteiger partial charge in [0.1, 0.15) is 0 Å². The van der Waals surface area contributed by atoms with Gasteiger partial charge >= 0.3 is 0 Å². The van der Waals surface area contributed by atoms with E-state index in [4.69, 9.17) is 0 Å². The van der Waals surface area contributed by atoms with Gasteiger partial charge in [-0.2, -0.15) is 0 Å². The molecule has 0 aliphatic carbocycles. The summed E-state index contributed by atoms with van der Waals surface area (Å²) in [7, 11) is 2.18. The molecular formula is C13H23N5. The third-order valence-electron chi connectivity index (χ3n) is 3.29. The lowest BCUT2D eigenvalue weighted by molar-refractivity contribution is 0.158. The molecule has 0 amide bonds. The van der Waals surface area contributed by atoms with Crippen molar-refractivity contribution in [2.24, 2.45) is 0 Å². The van der Waals surface area contributed by atoms with Crippen molar-refractivity contribution in [1.29, 1.82) is 0 Å². The predicted octanol–water partition coefficient (Wildman–Crippen LogP) is 0.753. The Hall–Kier alpha value is -1.20. The summed E-state index contributed by atoms with van der Waals surface area (Å²) >= 11 is 0. The molecule has 1 saturated heterocycles. The Morgan fingerprint density at radius 1 is 1.11 bits per heavy atom. The standard InChI is InChI=1S/C13H23N5/c1-11-10-12(2)16-13(15-11)14-4-5-18-8-6-17(3)7-9-18/h10H,4-9H2,1-3H3,(H,14,15,16). The van der Waals surface area contributed by atoms with Crippen molar-refractivity contribution >= 4 is 5.95 Å². The minimum absolute atomic E-state index is 0.752. The van der Waals surface area contributed by atoms with Crippen LogP contribution in [0.4, 0.5) is 5.95 Å². The van der Waals surface area contributed by atoms with Gasteiger partial charge in [-0.1, -0.05) is 0 Å². The number of nitrogens with one attached hydrogen (secondary N) is 1. The van der Waals surface area contributed by atoms with E-state index in [0.29, 0.717) is 0 Å². The normalized spacial score (nSPS) is 17.9. The molecule has 2 heterocycles. The van der Waals surface area contributed by atoms with E-state index < -0.39 is 0 Å². The van der Waals surface area contributed by atoms with Crippen molar-refractivity contribution in [1.82, 2.24) is 19.8 Å². The van der Waals surface area contributed by atoms with E-state index in [1.165, 1.54) is 13.1 Å². The van der Waals surface area contributed by atoms with Gasteiger partial charge in [0.2, 0.25) is 5.95 Å². The first-order valence-electron chi connectivity index (χ1n) is 6.60. The van der Waals surface area contributed by atoms with E-state index in [-0.39, 0.29) is 0 Å².